The van der Waals surface area contributed by atoms with E-state index in [2.05, 4.69) is 45.3 Å². The Labute approximate surface area is 103 Å². The molecule has 14 heavy (non-hydrogen) atoms. The number of hydrogen-bond acceptors (Lipinski definition) is 3. The van der Waals surface area contributed by atoms with Crippen molar-refractivity contribution in [1.29, 1.82) is 0 Å². The van der Waals surface area contributed by atoms with E-state index < -0.39 is 0 Å². The number of halogens is 2. The van der Waals surface area contributed by atoms with E-state index in [-0.39, 0.29) is 12.4 Å². The Bertz CT molecular complexity index is 288. The third-order valence-corrected chi connectivity index (χ3v) is 4.03. The van der Waals surface area contributed by atoms with Gasteiger partial charge in [-0.1, -0.05) is 0 Å². The maximum atomic E-state index is 3.48. The first kappa shape index (κ1) is 12.5. The van der Waals surface area contributed by atoms with Crippen molar-refractivity contribution in [3.63, 3.8) is 0 Å². The van der Waals surface area contributed by atoms with Gasteiger partial charge in [-0.15, -0.1) is 23.7 Å². The first-order chi connectivity index (χ1) is 6.25. The molecule has 0 bridgehead atoms. The first-order valence-electron chi connectivity index (χ1n) is 4.41. The lowest BCUT2D eigenvalue weighted by Crippen LogP contribution is -2.55. The van der Waals surface area contributed by atoms with E-state index in [1.807, 2.05) is 11.3 Å². The summed E-state index contributed by atoms with van der Waals surface area (Å²) in [5.74, 6) is 0. The molecule has 0 atom stereocenters. The monoisotopic (exact) mass is 296 g/mol. The standard InChI is InChI=1S/C9H13BrN2S.ClH/c1-12(7-4-11-5-7)6-8-2-3-9(10)13-8;/h2-3,7,11H,4-6H2,1H3;1H. The minimum Gasteiger partial charge on any atom is -0.314 e. The van der Waals surface area contributed by atoms with Gasteiger partial charge in [0.1, 0.15) is 0 Å². The van der Waals surface area contributed by atoms with Crippen LogP contribution in [0.3, 0.4) is 0 Å². The fraction of sp³-hybridized carbons (Fsp3) is 0.556. The number of hydrogen-bond donors (Lipinski definition) is 1. The smallest absolute Gasteiger partial charge is 0.0701 e. The number of nitrogens with zero attached hydrogens (tertiary/aromatic N) is 1. The Morgan fingerprint density at radius 1 is 1.57 bits per heavy atom. The highest BCUT2D eigenvalue weighted by Crippen LogP contribution is 2.23. The summed E-state index contributed by atoms with van der Waals surface area (Å²) < 4.78 is 1.22. The Hall–Kier alpha value is 0.390. The highest BCUT2D eigenvalue weighted by Gasteiger charge is 2.21. The van der Waals surface area contributed by atoms with Gasteiger partial charge < -0.3 is 5.32 Å². The average Bonchev–Trinajstić information content (AvgIpc) is 2.31. The van der Waals surface area contributed by atoms with E-state index >= 15 is 0 Å². The predicted molar refractivity (Wildman–Crippen MR) is 67.4 cm³/mol. The van der Waals surface area contributed by atoms with Crippen LogP contribution in [0, 0.1) is 0 Å². The van der Waals surface area contributed by atoms with Crippen LogP contribution in [0.1, 0.15) is 4.88 Å². The molecule has 2 nitrogen and oxygen atoms in total. The van der Waals surface area contributed by atoms with E-state index in [1.165, 1.54) is 8.66 Å². The summed E-state index contributed by atoms with van der Waals surface area (Å²) in [5.41, 5.74) is 0. The van der Waals surface area contributed by atoms with Crippen LogP contribution in [-0.4, -0.2) is 31.1 Å². The minimum absolute atomic E-state index is 0. The zero-order valence-corrected chi connectivity index (χ0v) is 11.2. The molecule has 2 heterocycles. The van der Waals surface area contributed by atoms with E-state index in [0.717, 1.165) is 25.7 Å². The van der Waals surface area contributed by atoms with Gasteiger partial charge in [0, 0.05) is 30.6 Å². The quantitative estimate of drug-likeness (QED) is 0.921. The zero-order valence-electron chi connectivity index (χ0n) is 8.00. The summed E-state index contributed by atoms with van der Waals surface area (Å²) in [6, 6.07) is 5.05. The molecule has 2 rings (SSSR count). The lowest BCUT2D eigenvalue weighted by Gasteiger charge is -2.35. The number of rotatable bonds is 3. The topological polar surface area (TPSA) is 15.3 Å². The van der Waals surface area contributed by atoms with E-state index in [9.17, 15) is 0 Å². The highest BCUT2D eigenvalue weighted by molar-refractivity contribution is 9.11. The lowest BCUT2D eigenvalue weighted by atomic mass is 10.1. The Kier molecular flexibility index (Phi) is 4.87. The normalized spacial score (nSPS) is 16.5. The maximum Gasteiger partial charge on any atom is 0.0701 e. The Morgan fingerprint density at radius 2 is 2.29 bits per heavy atom. The summed E-state index contributed by atoms with van der Waals surface area (Å²) in [4.78, 5) is 3.84. The van der Waals surface area contributed by atoms with Gasteiger partial charge in [-0.2, -0.15) is 0 Å². The van der Waals surface area contributed by atoms with Crippen molar-refractivity contribution in [3.8, 4) is 0 Å². The summed E-state index contributed by atoms with van der Waals surface area (Å²) in [6.07, 6.45) is 0. The average molecular weight is 298 g/mol. The van der Waals surface area contributed by atoms with Crippen LogP contribution in [0.25, 0.3) is 0 Å². The van der Waals surface area contributed by atoms with Gasteiger partial charge in [0.15, 0.2) is 0 Å². The fourth-order valence-electron chi connectivity index (χ4n) is 1.40. The first-order valence-corrected chi connectivity index (χ1v) is 6.02. The van der Waals surface area contributed by atoms with Gasteiger partial charge >= 0.3 is 0 Å². The van der Waals surface area contributed by atoms with Crippen molar-refractivity contribution < 1.29 is 0 Å². The molecule has 1 fully saturated rings. The van der Waals surface area contributed by atoms with Gasteiger partial charge in [0.25, 0.3) is 0 Å². The highest BCUT2D eigenvalue weighted by atomic mass is 79.9. The van der Waals surface area contributed by atoms with Crippen LogP contribution >= 0.6 is 39.7 Å². The van der Waals surface area contributed by atoms with Gasteiger partial charge in [0.2, 0.25) is 0 Å². The molecule has 1 N–H and O–H groups in total. The second-order valence-electron chi connectivity index (χ2n) is 3.43. The largest absolute Gasteiger partial charge is 0.314 e. The van der Waals surface area contributed by atoms with Crippen LogP contribution in [0.4, 0.5) is 0 Å². The van der Waals surface area contributed by atoms with Crippen molar-refractivity contribution in [2.75, 3.05) is 20.1 Å². The molecule has 0 aliphatic carbocycles. The molecule has 1 aliphatic rings. The molecule has 0 amide bonds. The van der Waals surface area contributed by atoms with Crippen molar-refractivity contribution in [2.45, 2.75) is 12.6 Å². The number of likely N-dealkylation sites (N-methyl/N-ethyl adjacent to an activating group) is 1. The van der Waals surface area contributed by atoms with Crippen molar-refractivity contribution in [2.24, 2.45) is 0 Å². The summed E-state index contributed by atoms with van der Waals surface area (Å²) in [6.45, 7) is 3.36. The molecule has 0 saturated carbocycles. The molecule has 0 aromatic carbocycles. The van der Waals surface area contributed by atoms with E-state index in [1.54, 1.807) is 0 Å². The molecule has 5 heteroatoms. The van der Waals surface area contributed by atoms with Crippen molar-refractivity contribution in [3.05, 3.63) is 20.8 Å². The maximum absolute atomic E-state index is 3.48. The fourth-order valence-corrected chi connectivity index (χ4v) is 2.94. The van der Waals surface area contributed by atoms with Crippen molar-refractivity contribution >= 4 is 39.7 Å². The summed E-state index contributed by atoms with van der Waals surface area (Å²) >= 11 is 5.30. The van der Waals surface area contributed by atoms with Crippen LogP contribution in [0.2, 0.25) is 0 Å². The molecule has 0 unspecified atom stereocenters. The van der Waals surface area contributed by atoms with Gasteiger partial charge in [0.05, 0.1) is 3.79 Å². The van der Waals surface area contributed by atoms with Gasteiger partial charge in [-0.3, -0.25) is 4.90 Å². The third-order valence-electron chi connectivity index (χ3n) is 2.42. The lowest BCUT2D eigenvalue weighted by molar-refractivity contribution is 0.174. The second-order valence-corrected chi connectivity index (χ2v) is 5.98. The third kappa shape index (κ3) is 2.94. The minimum atomic E-state index is 0. The summed E-state index contributed by atoms with van der Waals surface area (Å²) in [5, 5.41) is 3.29. The number of thiophene rings is 1. The molecule has 0 spiro atoms. The van der Waals surface area contributed by atoms with Crippen LogP contribution in [0.5, 0.6) is 0 Å². The van der Waals surface area contributed by atoms with Crippen LogP contribution in [-0.2, 0) is 6.54 Å². The van der Waals surface area contributed by atoms with Gasteiger partial charge in [-0.05, 0) is 35.1 Å². The SMILES string of the molecule is CN(Cc1ccc(Br)s1)C1CNC1.Cl. The number of nitrogens with one attached hydrogen (secondary N) is 1. The van der Waals surface area contributed by atoms with Gasteiger partial charge in [-0.25, -0.2) is 0 Å². The molecular formula is C9H14BrClN2S. The Morgan fingerprint density at radius 3 is 2.71 bits per heavy atom. The van der Waals surface area contributed by atoms with Crippen LogP contribution < -0.4 is 5.32 Å². The van der Waals surface area contributed by atoms with Crippen molar-refractivity contribution in [1.82, 2.24) is 10.2 Å². The molecule has 80 valence electrons. The molecule has 1 aromatic heterocycles. The predicted octanol–water partition coefficient (Wildman–Crippen LogP) is 2.34. The summed E-state index contributed by atoms with van der Waals surface area (Å²) in [7, 11) is 2.19. The second kappa shape index (κ2) is 5.47. The zero-order chi connectivity index (χ0) is 9.26. The molecular weight excluding hydrogens is 284 g/mol. The Balaban J connectivity index is 0.000000980. The molecule has 1 aliphatic heterocycles. The van der Waals surface area contributed by atoms with E-state index in [0.29, 0.717) is 0 Å². The van der Waals surface area contributed by atoms with Crippen LogP contribution in [0.15, 0.2) is 15.9 Å². The molecule has 1 saturated heterocycles. The van der Waals surface area contributed by atoms with E-state index in [4.69, 9.17) is 0 Å². The molecule has 0 radical (unpaired) electrons. The molecule has 1 aromatic rings.